The van der Waals surface area contributed by atoms with Crippen molar-refractivity contribution in [2.24, 2.45) is 0 Å². The molecule has 0 unspecified atom stereocenters. The van der Waals surface area contributed by atoms with Crippen LogP contribution >= 0.6 is 0 Å². The lowest BCUT2D eigenvalue weighted by molar-refractivity contribution is 0.150. The van der Waals surface area contributed by atoms with Gasteiger partial charge in [-0.2, -0.15) is 0 Å². The zero-order valence-electron chi connectivity index (χ0n) is 7.68. The maximum absolute atomic E-state index is 3.90. The van der Waals surface area contributed by atoms with Gasteiger partial charge in [0.2, 0.25) is 0 Å². The minimum Gasteiger partial charge on any atom is -0.372 e. The number of hydrogen-bond donors (Lipinski definition) is 1. The van der Waals surface area contributed by atoms with Crippen molar-refractivity contribution in [2.75, 3.05) is 19.6 Å². The van der Waals surface area contributed by atoms with Crippen LogP contribution in [0.25, 0.3) is 0 Å². The highest BCUT2D eigenvalue weighted by Gasteiger charge is 2.39. The highest BCUT2D eigenvalue weighted by atomic mass is 15.2. The molecule has 2 nitrogen and oxygen atoms in total. The van der Waals surface area contributed by atoms with Gasteiger partial charge in [0.25, 0.3) is 0 Å². The monoisotopic (exact) mass is 166 g/mol. The van der Waals surface area contributed by atoms with Gasteiger partial charge in [-0.25, -0.2) is 0 Å². The standard InChI is InChI=1S/C10H18N2/c1-2-12-9-3-4-10(12)5-7-11-8-6-10/h2,11H,1,3-9H2. The number of hydrogen-bond acceptors (Lipinski definition) is 2. The minimum absolute atomic E-state index is 0.493. The van der Waals surface area contributed by atoms with Crippen LogP contribution in [-0.4, -0.2) is 30.1 Å². The lowest BCUT2D eigenvalue weighted by Gasteiger charge is -2.41. The molecule has 0 aromatic carbocycles. The summed E-state index contributed by atoms with van der Waals surface area (Å²) in [5.74, 6) is 0. The average molecular weight is 166 g/mol. The van der Waals surface area contributed by atoms with Gasteiger partial charge in [0.05, 0.1) is 0 Å². The van der Waals surface area contributed by atoms with Gasteiger partial charge in [-0.1, -0.05) is 6.58 Å². The van der Waals surface area contributed by atoms with Crippen molar-refractivity contribution in [3.63, 3.8) is 0 Å². The minimum atomic E-state index is 0.493. The molecular formula is C10H18N2. The Labute approximate surface area is 74.6 Å². The van der Waals surface area contributed by atoms with Gasteiger partial charge in [-0.15, -0.1) is 0 Å². The molecule has 0 bridgehead atoms. The molecule has 2 rings (SSSR count). The van der Waals surface area contributed by atoms with E-state index in [9.17, 15) is 0 Å². The second-order valence-corrected chi connectivity index (χ2v) is 3.95. The van der Waals surface area contributed by atoms with Crippen molar-refractivity contribution < 1.29 is 0 Å². The van der Waals surface area contributed by atoms with Crippen molar-refractivity contribution in [3.8, 4) is 0 Å². The maximum Gasteiger partial charge on any atom is 0.0421 e. The first-order valence-electron chi connectivity index (χ1n) is 4.97. The third-order valence-electron chi connectivity index (χ3n) is 3.41. The zero-order chi connectivity index (χ0) is 8.44. The molecule has 0 radical (unpaired) electrons. The molecule has 68 valence electrons. The van der Waals surface area contributed by atoms with Crippen molar-refractivity contribution in [1.82, 2.24) is 10.2 Å². The van der Waals surface area contributed by atoms with Crippen LogP contribution in [0.15, 0.2) is 12.8 Å². The first kappa shape index (κ1) is 8.11. The Morgan fingerprint density at radius 1 is 1.25 bits per heavy atom. The smallest absolute Gasteiger partial charge is 0.0421 e. The highest BCUT2D eigenvalue weighted by molar-refractivity contribution is 5.01. The van der Waals surface area contributed by atoms with E-state index in [4.69, 9.17) is 0 Å². The van der Waals surface area contributed by atoms with E-state index in [1.165, 1.54) is 45.3 Å². The fourth-order valence-electron chi connectivity index (χ4n) is 2.67. The van der Waals surface area contributed by atoms with E-state index in [1.54, 1.807) is 0 Å². The number of nitrogens with zero attached hydrogens (tertiary/aromatic N) is 1. The summed E-state index contributed by atoms with van der Waals surface area (Å²) < 4.78 is 0. The van der Waals surface area contributed by atoms with E-state index >= 15 is 0 Å². The molecule has 2 aliphatic heterocycles. The number of nitrogens with one attached hydrogen (secondary N) is 1. The second kappa shape index (κ2) is 3.09. The molecule has 1 spiro atoms. The average Bonchev–Trinajstić information content (AvgIpc) is 2.49. The van der Waals surface area contributed by atoms with Gasteiger partial charge in [-0.3, -0.25) is 0 Å². The summed E-state index contributed by atoms with van der Waals surface area (Å²) >= 11 is 0. The number of piperidine rings is 1. The van der Waals surface area contributed by atoms with E-state index in [-0.39, 0.29) is 0 Å². The Balaban J connectivity index is 2.10. The first-order valence-corrected chi connectivity index (χ1v) is 4.97. The fourth-order valence-corrected chi connectivity index (χ4v) is 2.67. The predicted octanol–water partition coefficient (Wildman–Crippen LogP) is 1.35. The number of likely N-dealkylation sites (tertiary alicyclic amines) is 1. The van der Waals surface area contributed by atoms with Crippen molar-refractivity contribution in [2.45, 2.75) is 31.2 Å². The van der Waals surface area contributed by atoms with Gasteiger partial charge >= 0.3 is 0 Å². The van der Waals surface area contributed by atoms with Crippen LogP contribution in [0.5, 0.6) is 0 Å². The SMILES string of the molecule is C=CN1CCCC12CCNCC2. The van der Waals surface area contributed by atoms with Crippen LogP contribution < -0.4 is 5.32 Å². The van der Waals surface area contributed by atoms with Gasteiger partial charge in [0.1, 0.15) is 0 Å². The fraction of sp³-hybridized carbons (Fsp3) is 0.800. The molecule has 2 saturated heterocycles. The Bertz CT molecular complexity index is 171. The summed E-state index contributed by atoms with van der Waals surface area (Å²) in [4.78, 5) is 2.47. The molecule has 1 N–H and O–H groups in total. The van der Waals surface area contributed by atoms with Gasteiger partial charge in [0.15, 0.2) is 0 Å². The van der Waals surface area contributed by atoms with E-state index in [2.05, 4.69) is 16.8 Å². The van der Waals surface area contributed by atoms with Crippen LogP contribution in [0.2, 0.25) is 0 Å². The summed E-state index contributed by atoms with van der Waals surface area (Å²) in [6, 6.07) is 0. The van der Waals surface area contributed by atoms with Crippen molar-refractivity contribution in [1.29, 1.82) is 0 Å². The molecule has 2 aliphatic rings. The molecule has 0 aromatic rings. The quantitative estimate of drug-likeness (QED) is 0.632. The summed E-state index contributed by atoms with van der Waals surface area (Å²) in [7, 11) is 0. The molecule has 0 amide bonds. The van der Waals surface area contributed by atoms with Crippen LogP contribution in [0.3, 0.4) is 0 Å². The third kappa shape index (κ3) is 1.14. The van der Waals surface area contributed by atoms with Crippen molar-refractivity contribution >= 4 is 0 Å². The molecule has 0 saturated carbocycles. The summed E-state index contributed by atoms with van der Waals surface area (Å²) in [5, 5.41) is 3.42. The normalized spacial score (nSPS) is 27.8. The van der Waals surface area contributed by atoms with Crippen LogP contribution in [0.4, 0.5) is 0 Å². The van der Waals surface area contributed by atoms with Gasteiger partial charge in [-0.05, 0) is 45.0 Å². The number of rotatable bonds is 1. The van der Waals surface area contributed by atoms with Gasteiger partial charge in [0, 0.05) is 12.1 Å². The Hall–Kier alpha value is -0.500. The van der Waals surface area contributed by atoms with E-state index < -0.39 is 0 Å². The third-order valence-corrected chi connectivity index (χ3v) is 3.41. The molecular weight excluding hydrogens is 148 g/mol. The second-order valence-electron chi connectivity index (χ2n) is 3.95. The highest BCUT2D eigenvalue weighted by Crippen LogP contribution is 2.36. The molecule has 2 heterocycles. The Morgan fingerprint density at radius 3 is 2.67 bits per heavy atom. The lowest BCUT2D eigenvalue weighted by atomic mass is 9.86. The molecule has 12 heavy (non-hydrogen) atoms. The predicted molar refractivity (Wildman–Crippen MR) is 51.0 cm³/mol. The van der Waals surface area contributed by atoms with Crippen LogP contribution in [0, 0.1) is 0 Å². The van der Waals surface area contributed by atoms with Gasteiger partial charge < -0.3 is 10.2 Å². The molecule has 0 aliphatic carbocycles. The summed E-state index contributed by atoms with van der Waals surface area (Å²) in [6.45, 7) is 7.49. The van der Waals surface area contributed by atoms with Crippen LogP contribution in [-0.2, 0) is 0 Å². The summed E-state index contributed by atoms with van der Waals surface area (Å²) in [5.41, 5.74) is 0.493. The topological polar surface area (TPSA) is 15.3 Å². The molecule has 0 aromatic heterocycles. The largest absolute Gasteiger partial charge is 0.372 e. The van der Waals surface area contributed by atoms with Crippen molar-refractivity contribution in [3.05, 3.63) is 12.8 Å². The molecule has 2 fully saturated rings. The maximum atomic E-state index is 3.90. The Kier molecular flexibility index (Phi) is 2.09. The van der Waals surface area contributed by atoms with Crippen LogP contribution in [0.1, 0.15) is 25.7 Å². The van der Waals surface area contributed by atoms with E-state index in [0.717, 1.165) is 0 Å². The molecule has 0 atom stereocenters. The zero-order valence-corrected chi connectivity index (χ0v) is 7.68. The Morgan fingerprint density at radius 2 is 2.00 bits per heavy atom. The van der Waals surface area contributed by atoms with E-state index in [1.807, 2.05) is 6.20 Å². The summed E-state index contributed by atoms with van der Waals surface area (Å²) in [6.07, 6.45) is 7.38. The molecule has 2 heteroatoms. The lowest BCUT2D eigenvalue weighted by Crippen LogP contribution is -2.48. The van der Waals surface area contributed by atoms with E-state index in [0.29, 0.717) is 5.54 Å². The first-order chi connectivity index (χ1) is 5.87.